The highest BCUT2D eigenvalue weighted by molar-refractivity contribution is 4.96. The van der Waals surface area contributed by atoms with E-state index in [4.69, 9.17) is 52.1 Å². The number of methoxy groups -OCH3 is 2. The van der Waals surface area contributed by atoms with E-state index in [1.807, 2.05) is 34.6 Å². The maximum Gasteiger partial charge on any atom is 0.186 e. The number of aliphatic hydroxyl groups excluding tert-OH is 10. The number of rotatable bonds is 20. The van der Waals surface area contributed by atoms with Gasteiger partial charge in [-0.3, -0.25) is 4.68 Å². The molecule has 386 valence electrons. The van der Waals surface area contributed by atoms with Crippen molar-refractivity contribution in [2.75, 3.05) is 53.9 Å². The van der Waals surface area contributed by atoms with Crippen molar-refractivity contribution >= 4 is 0 Å². The predicted molar refractivity (Wildman–Crippen MR) is 227 cm³/mol. The van der Waals surface area contributed by atoms with Crippen molar-refractivity contribution in [1.29, 1.82) is 0 Å². The second-order valence-electron chi connectivity index (χ2n) is 14.7. The van der Waals surface area contributed by atoms with Crippen LogP contribution >= 0.6 is 0 Å². The van der Waals surface area contributed by atoms with Crippen molar-refractivity contribution in [2.45, 2.75) is 199 Å². The first kappa shape index (κ1) is 61.3. The summed E-state index contributed by atoms with van der Waals surface area (Å²) < 4.78 is 63.8. The summed E-state index contributed by atoms with van der Waals surface area (Å²) in [5.41, 5.74) is 0.715. The molecular weight excluding hydrogens is 870 g/mol. The summed E-state index contributed by atoms with van der Waals surface area (Å²) >= 11 is 0. The molecule has 24 heteroatoms. The number of hydrogen-bond acceptors (Lipinski definition) is 23. The lowest BCUT2D eigenvalue weighted by molar-refractivity contribution is -0.350. The predicted octanol–water partition coefficient (Wildman–Crippen LogP) is -2.80. The van der Waals surface area contributed by atoms with Gasteiger partial charge in [0.05, 0.1) is 32.1 Å². The molecule has 1 aromatic heterocycles. The fourth-order valence-corrected chi connectivity index (χ4v) is 7.21. The summed E-state index contributed by atoms with van der Waals surface area (Å²) in [4.78, 5) is 0. The maximum atomic E-state index is 11.3. The van der Waals surface area contributed by atoms with Gasteiger partial charge in [0.15, 0.2) is 25.2 Å². The normalized spacial score (nSPS) is 39.4. The van der Waals surface area contributed by atoms with Crippen LogP contribution in [0, 0.1) is 0 Å². The summed E-state index contributed by atoms with van der Waals surface area (Å²) in [6, 6.07) is 0. The Balaban J connectivity index is 0.00000342. The minimum absolute atomic E-state index is 0. The van der Waals surface area contributed by atoms with Gasteiger partial charge in [-0.1, -0.05) is 47.8 Å². The average Bonchev–Trinajstić information content (AvgIpc) is 3.77. The van der Waals surface area contributed by atoms with Gasteiger partial charge in [-0.2, -0.15) is 0 Å². The topological polar surface area (TPSA) is 335 Å². The molecule has 0 unspecified atom stereocenters. The molecule has 5 rings (SSSR count). The van der Waals surface area contributed by atoms with Crippen molar-refractivity contribution in [3.63, 3.8) is 0 Å². The standard InChI is InChI=1S/C35H61N3O21.2C2H6.2CH4/c1-5-38-10-15(36-37-38)8-7-9-52-31-19(14-55-33-26(45)22(41)20(39)16(56-33)11-49-3)59-35(29(48)25(31)44)53-12-17-21(40)23(42)27(46)34(57-17)54-13-18-30(51-6-2)24(43)28(47)32(50-4)58-18;2*1-2;;/h10,16-35,39-48H,5-9,11-14H2,1-4H3;2*1-2H3;2*1H4/t16-,17-,18-,19-,20-,21-,22+,23+,24-,25-,26-,27-,28-,29-,30-,31-,32+,33+,34+,35+;;;;/m1..../s1. The Hall–Kier alpha value is -1.70. The molecule has 0 radical (unpaired) electrons. The largest absolute Gasteiger partial charge is 0.387 e. The maximum absolute atomic E-state index is 11.3. The zero-order valence-electron chi connectivity index (χ0n) is 37.3. The van der Waals surface area contributed by atoms with Gasteiger partial charge in [0, 0.05) is 40.2 Å². The van der Waals surface area contributed by atoms with Crippen LogP contribution in [0.4, 0.5) is 0 Å². The lowest BCUT2D eigenvalue weighted by Crippen LogP contribution is -2.63. The average molecular weight is 952 g/mol. The van der Waals surface area contributed by atoms with Crippen LogP contribution in [0.3, 0.4) is 0 Å². The van der Waals surface area contributed by atoms with Crippen molar-refractivity contribution in [2.24, 2.45) is 0 Å². The number of aliphatic hydroxyl groups is 10. The Labute approximate surface area is 382 Å². The van der Waals surface area contributed by atoms with Crippen molar-refractivity contribution in [3.05, 3.63) is 11.9 Å². The zero-order chi connectivity index (χ0) is 47.0. The highest BCUT2D eigenvalue weighted by Crippen LogP contribution is 2.31. The Morgan fingerprint density at radius 2 is 0.938 bits per heavy atom. The number of nitrogens with zero attached hydrogens (tertiary/aromatic N) is 3. The Bertz CT molecular complexity index is 1380. The zero-order valence-corrected chi connectivity index (χ0v) is 37.3. The summed E-state index contributed by atoms with van der Waals surface area (Å²) in [6.45, 7) is 10.8. The van der Waals surface area contributed by atoms with E-state index in [9.17, 15) is 51.1 Å². The molecule has 0 bridgehead atoms. The molecule has 4 saturated heterocycles. The first-order valence-electron chi connectivity index (χ1n) is 21.7. The van der Waals surface area contributed by atoms with Gasteiger partial charge in [0.1, 0.15) is 97.7 Å². The second-order valence-corrected chi connectivity index (χ2v) is 14.7. The van der Waals surface area contributed by atoms with Crippen LogP contribution < -0.4 is 0 Å². The summed E-state index contributed by atoms with van der Waals surface area (Å²) in [5.74, 6) is 0. The van der Waals surface area contributed by atoms with Gasteiger partial charge in [-0.25, -0.2) is 0 Å². The first-order valence-corrected chi connectivity index (χ1v) is 21.7. The first-order chi connectivity index (χ1) is 30.2. The van der Waals surface area contributed by atoms with Crippen molar-refractivity contribution in [3.8, 4) is 0 Å². The van der Waals surface area contributed by atoms with Crippen LogP contribution in [-0.2, 0) is 65.1 Å². The third-order valence-electron chi connectivity index (χ3n) is 10.6. The van der Waals surface area contributed by atoms with E-state index >= 15 is 0 Å². The molecule has 0 amide bonds. The van der Waals surface area contributed by atoms with Crippen LogP contribution in [0.5, 0.6) is 0 Å². The van der Waals surface area contributed by atoms with Crippen LogP contribution in [0.2, 0.25) is 0 Å². The van der Waals surface area contributed by atoms with Gasteiger partial charge in [-0.05, 0) is 26.7 Å². The Kier molecular flexibility index (Phi) is 29.0. The molecule has 20 atom stereocenters. The fraction of sp³-hybridized carbons (Fsp3) is 0.951. The van der Waals surface area contributed by atoms with Crippen LogP contribution in [0.25, 0.3) is 0 Å². The monoisotopic (exact) mass is 952 g/mol. The van der Waals surface area contributed by atoms with E-state index in [1.54, 1.807) is 17.8 Å². The Morgan fingerprint density at radius 3 is 1.38 bits per heavy atom. The molecule has 24 nitrogen and oxygen atoms in total. The van der Waals surface area contributed by atoms with Crippen LogP contribution in [-0.4, -0.2) is 243 Å². The van der Waals surface area contributed by atoms with E-state index in [1.165, 1.54) is 14.2 Å². The minimum Gasteiger partial charge on any atom is -0.387 e. The van der Waals surface area contributed by atoms with Gasteiger partial charge >= 0.3 is 0 Å². The van der Waals surface area contributed by atoms with Gasteiger partial charge in [0.2, 0.25) is 0 Å². The number of aromatic nitrogens is 3. The minimum atomic E-state index is -1.82. The molecule has 10 N–H and O–H groups in total. The van der Waals surface area contributed by atoms with Crippen molar-refractivity contribution in [1.82, 2.24) is 15.0 Å². The molecule has 5 heterocycles. The van der Waals surface area contributed by atoms with Gasteiger partial charge in [-0.15, -0.1) is 5.10 Å². The number of aryl methyl sites for hydroxylation is 2. The molecule has 4 fully saturated rings. The summed E-state index contributed by atoms with van der Waals surface area (Å²) in [5, 5.41) is 115. The van der Waals surface area contributed by atoms with E-state index < -0.39 is 143 Å². The SMILES string of the molecule is C.C.CC.CC.CCO[C@H]1[C@H](O)[C@@H](O)[C@@H](OC)O[C@@H]1CO[C@H]1O[C@H](CO[C@H]2O[C@H](CO[C@H]3O[C@H](COC)[C@@H](O)[C@H](O)[C@H]3O)[C@@H](OCCCc3cn(CC)nn3)[C@H](O)[C@H]2O)[C@@H](O)[C@H](O)[C@H]1O. The third kappa shape index (κ3) is 15.9. The number of ether oxygens (including phenoxy) is 11. The summed E-state index contributed by atoms with van der Waals surface area (Å²) in [7, 11) is 2.62. The molecule has 4 aliphatic rings. The van der Waals surface area contributed by atoms with Crippen LogP contribution in [0.1, 0.15) is 68.5 Å². The van der Waals surface area contributed by atoms with Crippen LogP contribution in [0.15, 0.2) is 6.20 Å². The molecule has 0 aromatic carbocycles. The quantitative estimate of drug-likeness (QED) is 0.0590. The highest BCUT2D eigenvalue weighted by Gasteiger charge is 2.51. The van der Waals surface area contributed by atoms with E-state index in [-0.39, 0.29) is 34.7 Å². The molecule has 0 saturated carbocycles. The van der Waals surface area contributed by atoms with Crippen molar-refractivity contribution < 1.29 is 103 Å². The van der Waals surface area contributed by atoms with Gasteiger partial charge in [0.25, 0.3) is 0 Å². The lowest BCUT2D eigenvalue weighted by Gasteiger charge is -2.45. The number of hydrogen-bond donors (Lipinski definition) is 10. The molecule has 4 aliphatic heterocycles. The second kappa shape index (κ2) is 30.7. The molecule has 0 aliphatic carbocycles. The Morgan fingerprint density at radius 1 is 0.523 bits per heavy atom. The molecule has 1 aromatic rings. The third-order valence-corrected chi connectivity index (χ3v) is 10.6. The lowest BCUT2D eigenvalue weighted by atomic mass is 9.97. The smallest absolute Gasteiger partial charge is 0.186 e. The van der Waals surface area contributed by atoms with E-state index in [0.29, 0.717) is 25.1 Å². The summed E-state index contributed by atoms with van der Waals surface area (Å²) in [6.07, 6.45) is -26.7. The van der Waals surface area contributed by atoms with E-state index in [0.717, 1.165) is 0 Å². The van der Waals surface area contributed by atoms with Gasteiger partial charge < -0.3 is 103 Å². The molecular formula is C41H81N3O21. The fourth-order valence-electron chi connectivity index (χ4n) is 7.21. The highest BCUT2D eigenvalue weighted by atomic mass is 16.8. The molecule has 0 spiro atoms. The van der Waals surface area contributed by atoms with E-state index in [2.05, 4.69) is 10.3 Å². The molecule has 65 heavy (non-hydrogen) atoms.